The highest BCUT2D eigenvalue weighted by Crippen LogP contribution is 2.33. The van der Waals surface area contributed by atoms with Crippen molar-refractivity contribution in [2.24, 2.45) is 0 Å². The Hall–Kier alpha value is -1.28. The number of rotatable bonds is 9. The van der Waals surface area contributed by atoms with Gasteiger partial charge in [-0.15, -0.1) is 11.3 Å². The molecule has 6 nitrogen and oxygen atoms in total. The molecule has 2 aromatic heterocycles. The fraction of sp³-hybridized carbons (Fsp3) is 0.684. The number of aliphatic hydroxyl groups is 1. The van der Waals surface area contributed by atoms with Gasteiger partial charge in [0.2, 0.25) is 0 Å². The van der Waals surface area contributed by atoms with E-state index in [1.165, 1.54) is 16.9 Å². The zero-order valence-corrected chi connectivity index (χ0v) is 16.5. The monoisotopic (exact) mass is 379 g/mol. The summed E-state index contributed by atoms with van der Waals surface area (Å²) in [7, 11) is 1.67. The average Bonchev–Trinajstić information content (AvgIpc) is 2.98. The van der Waals surface area contributed by atoms with Crippen LogP contribution in [0.25, 0.3) is 10.2 Å². The lowest BCUT2D eigenvalue weighted by Gasteiger charge is -2.24. The van der Waals surface area contributed by atoms with Crippen LogP contribution in [0.1, 0.15) is 48.9 Å². The Bertz CT molecular complexity index is 786. The molecule has 0 aromatic carbocycles. The fourth-order valence-corrected chi connectivity index (χ4v) is 4.95. The predicted molar refractivity (Wildman–Crippen MR) is 105 cm³/mol. The number of aliphatic hydroxyl groups excluding tert-OH is 1. The Balaban J connectivity index is 1.82. The van der Waals surface area contributed by atoms with Gasteiger partial charge in [0.05, 0.1) is 24.6 Å². The first-order chi connectivity index (χ1) is 12.6. The number of thiophene rings is 1. The van der Waals surface area contributed by atoms with Crippen LogP contribution in [0.5, 0.6) is 0 Å². The highest BCUT2D eigenvalue weighted by molar-refractivity contribution is 7.18. The molecule has 0 amide bonds. The summed E-state index contributed by atoms with van der Waals surface area (Å²) >= 11 is 1.67. The molecule has 3 rings (SSSR count). The van der Waals surface area contributed by atoms with E-state index in [1.807, 2.05) is 0 Å². The van der Waals surface area contributed by atoms with E-state index in [4.69, 9.17) is 9.72 Å². The van der Waals surface area contributed by atoms with Gasteiger partial charge >= 0.3 is 0 Å². The van der Waals surface area contributed by atoms with Crippen LogP contribution in [-0.4, -0.2) is 52.9 Å². The summed E-state index contributed by atoms with van der Waals surface area (Å²) in [6.45, 7) is 4.41. The largest absolute Gasteiger partial charge is 0.392 e. The van der Waals surface area contributed by atoms with Crippen molar-refractivity contribution < 1.29 is 9.84 Å². The molecule has 144 valence electrons. The van der Waals surface area contributed by atoms with E-state index in [0.29, 0.717) is 32.1 Å². The van der Waals surface area contributed by atoms with Gasteiger partial charge < -0.3 is 14.8 Å². The molecule has 1 aliphatic rings. The van der Waals surface area contributed by atoms with Crippen molar-refractivity contribution in [2.45, 2.75) is 58.1 Å². The number of hydrogen-bond donors (Lipinski definition) is 2. The van der Waals surface area contributed by atoms with Crippen LogP contribution >= 0.6 is 11.3 Å². The second-order valence-corrected chi connectivity index (χ2v) is 8.16. The zero-order chi connectivity index (χ0) is 18.5. The molecule has 0 unspecified atom stereocenters. The summed E-state index contributed by atoms with van der Waals surface area (Å²) in [5.41, 5.74) is 1.19. The van der Waals surface area contributed by atoms with E-state index in [0.717, 1.165) is 42.3 Å². The molecule has 2 N–H and O–H groups in total. The molecule has 0 saturated heterocycles. The van der Waals surface area contributed by atoms with Gasteiger partial charge in [0.15, 0.2) is 0 Å². The number of H-pyrrole nitrogens is 1. The van der Waals surface area contributed by atoms with E-state index in [1.54, 1.807) is 18.4 Å². The molecule has 0 bridgehead atoms. The van der Waals surface area contributed by atoms with E-state index in [-0.39, 0.29) is 11.7 Å². The first-order valence-electron chi connectivity index (χ1n) is 9.55. The number of aromatic amines is 1. The number of hydrogen-bond acceptors (Lipinski definition) is 6. The minimum absolute atomic E-state index is 0.0230. The second-order valence-electron chi connectivity index (χ2n) is 7.07. The molecule has 2 aromatic rings. The zero-order valence-electron chi connectivity index (χ0n) is 15.7. The molecule has 0 fully saturated rings. The number of methoxy groups -OCH3 is 1. The van der Waals surface area contributed by atoms with Gasteiger partial charge in [0.25, 0.3) is 5.56 Å². The van der Waals surface area contributed by atoms with E-state index in [9.17, 15) is 9.90 Å². The van der Waals surface area contributed by atoms with Crippen molar-refractivity contribution in [1.29, 1.82) is 0 Å². The molecule has 0 saturated carbocycles. The van der Waals surface area contributed by atoms with Crippen molar-refractivity contribution >= 4 is 21.6 Å². The van der Waals surface area contributed by atoms with Crippen molar-refractivity contribution in [3.63, 3.8) is 0 Å². The quantitative estimate of drug-likeness (QED) is 0.700. The Morgan fingerprint density at radius 2 is 2.19 bits per heavy atom. The Morgan fingerprint density at radius 3 is 2.96 bits per heavy atom. The van der Waals surface area contributed by atoms with Crippen molar-refractivity contribution in [3.05, 3.63) is 26.6 Å². The predicted octanol–water partition coefficient (Wildman–Crippen LogP) is 2.47. The minimum Gasteiger partial charge on any atom is -0.392 e. The minimum atomic E-state index is -0.374. The van der Waals surface area contributed by atoms with Crippen LogP contribution in [0.2, 0.25) is 0 Å². The maximum Gasteiger partial charge on any atom is 0.259 e. The van der Waals surface area contributed by atoms with Crippen LogP contribution in [-0.2, 0) is 24.1 Å². The lowest BCUT2D eigenvalue weighted by atomic mass is 9.97. The van der Waals surface area contributed by atoms with Gasteiger partial charge in [-0.1, -0.05) is 13.3 Å². The topological polar surface area (TPSA) is 78.5 Å². The normalized spacial score (nSPS) is 15.5. The highest BCUT2D eigenvalue weighted by atomic mass is 32.1. The SMILES string of the molecule is CCC[C@@H](O)CN(CCOC)Cc1nc2sc3c(c2c(=O)[nH]1)CCCC3. The molecule has 7 heteroatoms. The van der Waals surface area contributed by atoms with Gasteiger partial charge in [-0.2, -0.15) is 0 Å². The maximum absolute atomic E-state index is 12.7. The van der Waals surface area contributed by atoms with Crippen molar-refractivity contribution in [2.75, 3.05) is 26.8 Å². The van der Waals surface area contributed by atoms with Crippen molar-refractivity contribution in [3.8, 4) is 0 Å². The molecular formula is C19H29N3O3S. The summed E-state index contributed by atoms with van der Waals surface area (Å²) in [6, 6.07) is 0. The molecule has 2 heterocycles. The van der Waals surface area contributed by atoms with E-state index in [2.05, 4.69) is 16.8 Å². The third kappa shape index (κ3) is 4.52. The molecule has 0 aliphatic heterocycles. The number of fused-ring (bicyclic) bond motifs is 3. The van der Waals surface area contributed by atoms with Crippen LogP contribution in [0, 0.1) is 0 Å². The maximum atomic E-state index is 12.7. The van der Waals surface area contributed by atoms with Crippen LogP contribution in [0.15, 0.2) is 4.79 Å². The molecule has 0 spiro atoms. The number of ether oxygens (including phenoxy) is 1. The van der Waals surface area contributed by atoms with Gasteiger partial charge in [-0.3, -0.25) is 9.69 Å². The summed E-state index contributed by atoms with van der Waals surface area (Å²) < 4.78 is 5.19. The van der Waals surface area contributed by atoms with Gasteiger partial charge in [0.1, 0.15) is 10.7 Å². The fourth-order valence-electron chi connectivity index (χ4n) is 3.67. The van der Waals surface area contributed by atoms with E-state index >= 15 is 0 Å². The van der Waals surface area contributed by atoms with E-state index < -0.39 is 0 Å². The van der Waals surface area contributed by atoms with Crippen LogP contribution in [0.4, 0.5) is 0 Å². The second kappa shape index (κ2) is 9.08. The van der Waals surface area contributed by atoms with Gasteiger partial charge in [-0.05, 0) is 37.7 Å². The summed E-state index contributed by atoms with van der Waals surface area (Å²) in [4.78, 5) is 24.7. The Labute approximate surface area is 158 Å². The van der Waals surface area contributed by atoms with Crippen molar-refractivity contribution in [1.82, 2.24) is 14.9 Å². The molecule has 1 atom stereocenters. The lowest BCUT2D eigenvalue weighted by Crippen LogP contribution is -2.35. The smallest absolute Gasteiger partial charge is 0.259 e. The number of aromatic nitrogens is 2. The average molecular weight is 380 g/mol. The van der Waals surface area contributed by atoms with Gasteiger partial charge in [0, 0.05) is 25.1 Å². The van der Waals surface area contributed by atoms with Crippen LogP contribution < -0.4 is 5.56 Å². The summed E-state index contributed by atoms with van der Waals surface area (Å²) in [5.74, 6) is 0.667. The standard InChI is InChI=1S/C19H29N3O3S/c1-3-6-13(23)11-22(9-10-25-2)12-16-20-18(24)17-14-7-4-5-8-15(14)26-19(17)21-16/h13,23H,3-12H2,1-2H3,(H,20,21,24)/t13-/m1/s1. The Morgan fingerprint density at radius 1 is 1.38 bits per heavy atom. The molecule has 1 aliphatic carbocycles. The highest BCUT2D eigenvalue weighted by Gasteiger charge is 2.20. The molecule has 0 radical (unpaired) electrons. The molecule has 26 heavy (non-hydrogen) atoms. The summed E-state index contributed by atoms with van der Waals surface area (Å²) in [6.07, 6.45) is 5.74. The lowest BCUT2D eigenvalue weighted by molar-refractivity contribution is 0.0787. The first-order valence-corrected chi connectivity index (χ1v) is 10.4. The Kier molecular flexibility index (Phi) is 6.80. The number of nitrogens with one attached hydrogen (secondary N) is 1. The number of nitrogens with zero attached hydrogens (tertiary/aromatic N) is 2. The number of aryl methyl sites for hydroxylation is 2. The van der Waals surface area contributed by atoms with Crippen LogP contribution in [0.3, 0.4) is 0 Å². The third-order valence-electron chi connectivity index (χ3n) is 4.95. The third-order valence-corrected chi connectivity index (χ3v) is 6.14. The van der Waals surface area contributed by atoms with Gasteiger partial charge in [-0.25, -0.2) is 4.98 Å². The first kappa shape index (κ1) is 19.5. The summed E-state index contributed by atoms with van der Waals surface area (Å²) in [5, 5.41) is 11.0. The molecular weight excluding hydrogens is 350 g/mol.